The van der Waals surface area contributed by atoms with Crippen LogP contribution in [0.4, 0.5) is 14.9 Å². The van der Waals surface area contributed by atoms with Gasteiger partial charge in [-0.15, -0.1) is 0 Å². The monoisotopic (exact) mass is 600 g/mol. The van der Waals surface area contributed by atoms with Gasteiger partial charge < -0.3 is 10.1 Å². The van der Waals surface area contributed by atoms with E-state index in [0.29, 0.717) is 30.9 Å². The second-order valence-corrected chi connectivity index (χ2v) is 15.7. The Kier molecular flexibility index (Phi) is 9.47. The molecule has 1 saturated heterocycles. The molecule has 2 aromatic rings. The highest BCUT2D eigenvalue weighted by Crippen LogP contribution is 2.42. The second-order valence-electron chi connectivity index (χ2n) is 13.8. The van der Waals surface area contributed by atoms with Gasteiger partial charge in [-0.1, -0.05) is 25.8 Å². The third-order valence-electron chi connectivity index (χ3n) is 7.78. The number of benzene rings is 1. The van der Waals surface area contributed by atoms with E-state index in [1.54, 1.807) is 45.3 Å². The van der Waals surface area contributed by atoms with Crippen LogP contribution in [0.5, 0.6) is 0 Å². The first-order valence-electron chi connectivity index (χ1n) is 14.8. The van der Waals surface area contributed by atoms with E-state index in [4.69, 9.17) is 4.74 Å². The number of pyridine rings is 1. The van der Waals surface area contributed by atoms with Gasteiger partial charge in [0, 0.05) is 18.9 Å². The first kappa shape index (κ1) is 32.1. The van der Waals surface area contributed by atoms with Crippen LogP contribution >= 0.6 is 0 Å². The first-order valence-corrected chi connectivity index (χ1v) is 15.9. The molecule has 4 atom stereocenters. The molecule has 2 N–H and O–H groups in total. The number of aromatic nitrogens is 1. The van der Waals surface area contributed by atoms with Crippen LogP contribution in [0.3, 0.4) is 0 Å². The molecule has 8 nitrogen and oxygen atoms in total. The quantitative estimate of drug-likeness (QED) is 0.352. The van der Waals surface area contributed by atoms with Gasteiger partial charge in [-0.05, 0) is 108 Å². The van der Waals surface area contributed by atoms with Crippen LogP contribution in [-0.4, -0.2) is 49.0 Å². The second kappa shape index (κ2) is 12.4. The number of halogens is 1. The standard InChI is InChI=1S/C32H45FN4O4S/c1-21-18-27(37(20-21)29(39)41-30(2,3)4)28(38)35-26-19-24(10-11-25(26)33)32(15-12-22-8-9-22,23-13-16-34-17-14-23)36-42(40)31(5,6)7/h10-11,13-14,16-17,19,21-22,27,36H,8-9,12,15,18,20H2,1-7H3,(H,35,38)/t21-,27-,32?,42-/m1/s1. The lowest BCUT2D eigenvalue weighted by Gasteiger charge is -2.38. The fourth-order valence-electron chi connectivity index (χ4n) is 5.32. The average Bonchev–Trinajstić information content (AvgIpc) is 3.65. The third kappa shape index (κ3) is 7.75. The van der Waals surface area contributed by atoms with Crippen LogP contribution in [0.15, 0.2) is 42.7 Å². The average molecular weight is 601 g/mol. The number of amides is 2. The van der Waals surface area contributed by atoms with Crippen molar-refractivity contribution in [1.29, 1.82) is 0 Å². The maximum Gasteiger partial charge on any atom is 0.410 e. The predicted molar refractivity (Wildman–Crippen MR) is 164 cm³/mol. The maximum absolute atomic E-state index is 15.3. The SMILES string of the molecule is C[C@@H]1C[C@H](C(=O)Nc2cc(C(CCC3CC3)(N[S@](=O)C(C)(C)C)c3ccncc3)ccc2F)N(C(=O)OC(C)(C)C)C1. The molecule has 0 spiro atoms. The van der Waals surface area contributed by atoms with Crippen LogP contribution in [0.1, 0.15) is 91.7 Å². The summed E-state index contributed by atoms with van der Waals surface area (Å²) < 4.78 is 37.4. The fraction of sp³-hybridized carbons (Fsp3) is 0.594. The molecule has 1 aliphatic carbocycles. The first-order chi connectivity index (χ1) is 19.6. The van der Waals surface area contributed by atoms with Crippen molar-refractivity contribution in [2.24, 2.45) is 11.8 Å². The van der Waals surface area contributed by atoms with Crippen LogP contribution < -0.4 is 10.0 Å². The van der Waals surface area contributed by atoms with Crippen molar-refractivity contribution in [3.05, 3.63) is 59.7 Å². The maximum atomic E-state index is 15.3. The number of carbonyl (C=O) groups excluding carboxylic acids is 2. The largest absolute Gasteiger partial charge is 0.444 e. The van der Waals surface area contributed by atoms with Crippen molar-refractivity contribution < 1.29 is 22.9 Å². The third-order valence-corrected chi connectivity index (χ3v) is 9.42. The molecule has 2 fully saturated rings. The van der Waals surface area contributed by atoms with Gasteiger partial charge in [0.05, 0.1) is 27.0 Å². The van der Waals surface area contributed by atoms with E-state index < -0.39 is 50.7 Å². The number of likely N-dealkylation sites (tertiary alicyclic amines) is 1. The molecule has 1 unspecified atom stereocenters. The number of hydrogen-bond donors (Lipinski definition) is 2. The van der Waals surface area contributed by atoms with E-state index in [0.717, 1.165) is 24.8 Å². The lowest BCUT2D eigenvalue weighted by Crippen LogP contribution is -2.49. The van der Waals surface area contributed by atoms with Crippen molar-refractivity contribution in [2.75, 3.05) is 11.9 Å². The molecule has 10 heteroatoms. The highest BCUT2D eigenvalue weighted by atomic mass is 32.2. The van der Waals surface area contributed by atoms with Gasteiger partial charge in [0.1, 0.15) is 17.5 Å². The van der Waals surface area contributed by atoms with Crippen molar-refractivity contribution >= 4 is 28.7 Å². The molecule has 1 aliphatic heterocycles. The number of nitrogens with zero attached hydrogens (tertiary/aromatic N) is 2. The highest BCUT2D eigenvalue weighted by Gasteiger charge is 2.42. The van der Waals surface area contributed by atoms with E-state index in [1.807, 2.05) is 39.8 Å². The Hall–Kier alpha value is -2.85. The van der Waals surface area contributed by atoms with Gasteiger partial charge in [-0.3, -0.25) is 14.7 Å². The summed E-state index contributed by atoms with van der Waals surface area (Å²) in [6.07, 6.45) is 7.13. The lowest BCUT2D eigenvalue weighted by atomic mass is 9.79. The highest BCUT2D eigenvalue weighted by molar-refractivity contribution is 7.84. The van der Waals surface area contributed by atoms with Crippen molar-refractivity contribution in [1.82, 2.24) is 14.6 Å². The summed E-state index contributed by atoms with van der Waals surface area (Å²) in [5, 5.41) is 2.77. The van der Waals surface area contributed by atoms with Crippen molar-refractivity contribution in [3.8, 4) is 0 Å². The van der Waals surface area contributed by atoms with Crippen LogP contribution in [0.25, 0.3) is 0 Å². The van der Waals surface area contributed by atoms with Gasteiger partial charge in [0.25, 0.3) is 0 Å². The normalized spacial score (nSPS) is 21.5. The van der Waals surface area contributed by atoms with E-state index >= 15 is 4.39 Å². The zero-order chi connectivity index (χ0) is 30.9. The molecular formula is C32H45FN4O4S. The summed E-state index contributed by atoms with van der Waals surface area (Å²) in [6.45, 7) is 13.4. The van der Waals surface area contributed by atoms with Crippen LogP contribution in [-0.2, 0) is 26.1 Å². The smallest absolute Gasteiger partial charge is 0.410 e. The minimum absolute atomic E-state index is 0.00869. The Morgan fingerprint density at radius 3 is 2.33 bits per heavy atom. The van der Waals surface area contributed by atoms with Crippen LogP contribution in [0.2, 0.25) is 0 Å². The van der Waals surface area contributed by atoms with Crippen LogP contribution in [0, 0.1) is 17.7 Å². The van der Waals surface area contributed by atoms with Gasteiger partial charge in [-0.25, -0.2) is 18.1 Å². The Balaban J connectivity index is 1.70. The lowest BCUT2D eigenvalue weighted by molar-refractivity contribution is -0.120. The molecule has 4 rings (SSSR count). The molecule has 1 saturated carbocycles. The molecule has 2 heterocycles. The summed E-state index contributed by atoms with van der Waals surface area (Å²) in [6, 6.07) is 7.64. The van der Waals surface area contributed by atoms with E-state index in [-0.39, 0.29) is 11.6 Å². The fourth-order valence-corrected chi connectivity index (χ4v) is 6.28. The minimum Gasteiger partial charge on any atom is -0.444 e. The zero-order valence-corrected chi connectivity index (χ0v) is 26.6. The van der Waals surface area contributed by atoms with Gasteiger partial charge >= 0.3 is 6.09 Å². The number of hydrogen-bond acceptors (Lipinski definition) is 5. The molecule has 2 amide bonds. The summed E-state index contributed by atoms with van der Waals surface area (Å²) in [5.41, 5.74) is -0.0649. The van der Waals surface area contributed by atoms with Crippen molar-refractivity contribution in [3.63, 3.8) is 0 Å². The number of rotatable bonds is 9. The van der Waals surface area contributed by atoms with E-state index in [2.05, 4.69) is 15.0 Å². The van der Waals surface area contributed by atoms with Gasteiger partial charge in [0.15, 0.2) is 0 Å². The molecule has 42 heavy (non-hydrogen) atoms. The summed E-state index contributed by atoms with van der Waals surface area (Å²) in [5.74, 6) is -0.383. The molecule has 0 radical (unpaired) electrons. The number of anilines is 1. The molecule has 1 aromatic carbocycles. The topological polar surface area (TPSA) is 101 Å². The van der Waals surface area contributed by atoms with E-state index in [9.17, 15) is 13.8 Å². The van der Waals surface area contributed by atoms with Gasteiger partial charge in [-0.2, -0.15) is 0 Å². The Morgan fingerprint density at radius 2 is 1.74 bits per heavy atom. The minimum atomic E-state index is -1.46. The molecular weight excluding hydrogens is 555 g/mol. The number of ether oxygens (including phenoxy) is 1. The molecule has 0 bridgehead atoms. The Morgan fingerprint density at radius 1 is 1.07 bits per heavy atom. The predicted octanol–water partition coefficient (Wildman–Crippen LogP) is 6.29. The number of nitrogens with one attached hydrogen (secondary N) is 2. The summed E-state index contributed by atoms with van der Waals surface area (Å²) in [7, 11) is -1.46. The molecule has 2 aliphatic rings. The van der Waals surface area contributed by atoms with Crippen molar-refractivity contribution in [2.45, 2.75) is 102 Å². The van der Waals surface area contributed by atoms with E-state index in [1.165, 1.54) is 11.0 Å². The molecule has 1 aromatic heterocycles. The summed E-state index contributed by atoms with van der Waals surface area (Å²) >= 11 is 0. The Bertz CT molecular complexity index is 1310. The zero-order valence-electron chi connectivity index (χ0n) is 25.8. The summed E-state index contributed by atoms with van der Waals surface area (Å²) in [4.78, 5) is 32.1. The van der Waals surface area contributed by atoms with Gasteiger partial charge in [0.2, 0.25) is 5.91 Å². The Labute approximate surface area is 251 Å². The molecule has 230 valence electrons. The number of carbonyl (C=O) groups is 2.